The van der Waals surface area contributed by atoms with Crippen molar-refractivity contribution in [2.45, 2.75) is 38.3 Å². The third-order valence-electron chi connectivity index (χ3n) is 3.13. The molecule has 0 aromatic carbocycles. The summed E-state index contributed by atoms with van der Waals surface area (Å²) in [6.45, 7) is 4.64. The fourth-order valence-electron chi connectivity index (χ4n) is 1.78. The fraction of sp³-hybridized carbons (Fsp3) is 0.800. The van der Waals surface area contributed by atoms with E-state index in [1.54, 1.807) is 7.05 Å². The lowest BCUT2D eigenvalue weighted by molar-refractivity contribution is -0.142. The molecule has 86 valence electrons. The van der Waals surface area contributed by atoms with Crippen LogP contribution in [0, 0.1) is 0 Å². The average molecular weight is 214 g/mol. The molecule has 0 spiro atoms. The Morgan fingerprint density at radius 2 is 2.27 bits per heavy atom. The molecule has 1 unspecified atom stereocenters. The number of likely N-dealkylation sites (N-methyl/N-ethyl adjacent to an activating group) is 1. The van der Waals surface area contributed by atoms with Gasteiger partial charge in [-0.3, -0.25) is 14.5 Å². The minimum absolute atomic E-state index is 0.147. The van der Waals surface area contributed by atoms with Crippen LogP contribution >= 0.6 is 0 Å². The molecule has 0 bridgehead atoms. The third kappa shape index (κ3) is 2.68. The normalized spacial score (nSPS) is 26.9. The van der Waals surface area contributed by atoms with Gasteiger partial charge in [-0.1, -0.05) is 0 Å². The molecule has 0 aromatic heterocycles. The molecular weight excluding hydrogens is 196 g/mol. The van der Waals surface area contributed by atoms with Crippen LogP contribution in [0.15, 0.2) is 0 Å². The van der Waals surface area contributed by atoms with Gasteiger partial charge >= 0.3 is 5.97 Å². The molecule has 1 heterocycles. The molecule has 5 nitrogen and oxygen atoms in total. The molecular formula is C10H18N2O3. The zero-order chi connectivity index (χ0) is 11.6. The lowest BCUT2D eigenvalue weighted by atomic mass is 9.97. The van der Waals surface area contributed by atoms with Gasteiger partial charge < -0.3 is 10.4 Å². The molecule has 1 aliphatic rings. The highest BCUT2D eigenvalue weighted by molar-refractivity contribution is 5.86. The van der Waals surface area contributed by atoms with Gasteiger partial charge in [-0.15, -0.1) is 0 Å². The zero-order valence-electron chi connectivity index (χ0n) is 9.41. The maximum atomic E-state index is 11.6. The molecule has 1 rings (SSSR count). The standard InChI is InChI=1S/C10H18N2O3/c1-10(2)4-5-11-9(15)7(12(10)3)6-8(13)14/h7H,4-6H2,1-3H3,(H,11,15)(H,13,14). The van der Waals surface area contributed by atoms with Crippen LogP contribution in [0.25, 0.3) is 0 Å². The van der Waals surface area contributed by atoms with E-state index in [2.05, 4.69) is 5.32 Å². The summed E-state index contributed by atoms with van der Waals surface area (Å²) in [6.07, 6.45) is 0.678. The average Bonchev–Trinajstić information content (AvgIpc) is 2.18. The van der Waals surface area contributed by atoms with Crippen LogP contribution in [0.1, 0.15) is 26.7 Å². The first-order chi connectivity index (χ1) is 6.84. The topological polar surface area (TPSA) is 69.6 Å². The molecule has 1 amide bonds. The summed E-state index contributed by atoms with van der Waals surface area (Å²) in [7, 11) is 1.80. The largest absolute Gasteiger partial charge is 0.481 e. The summed E-state index contributed by atoms with van der Waals surface area (Å²) < 4.78 is 0. The molecule has 1 atom stereocenters. The summed E-state index contributed by atoms with van der Waals surface area (Å²) >= 11 is 0. The van der Waals surface area contributed by atoms with Crippen molar-refractivity contribution in [3.8, 4) is 0 Å². The van der Waals surface area contributed by atoms with E-state index in [4.69, 9.17) is 5.11 Å². The van der Waals surface area contributed by atoms with Gasteiger partial charge in [0.25, 0.3) is 0 Å². The Balaban J connectivity index is 2.87. The van der Waals surface area contributed by atoms with Gasteiger partial charge in [0.05, 0.1) is 12.5 Å². The van der Waals surface area contributed by atoms with Crippen molar-refractivity contribution >= 4 is 11.9 Å². The molecule has 15 heavy (non-hydrogen) atoms. The molecule has 1 aliphatic heterocycles. The van der Waals surface area contributed by atoms with Gasteiger partial charge in [0.15, 0.2) is 0 Å². The SMILES string of the molecule is CN1C(CC(=O)O)C(=O)NCCC1(C)C. The second kappa shape index (κ2) is 4.18. The number of carboxylic acids is 1. The highest BCUT2D eigenvalue weighted by atomic mass is 16.4. The lowest BCUT2D eigenvalue weighted by Crippen LogP contribution is -2.50. The lowest BCUT2D eigenvalue weighted by Gasteiger charge is -2.37. The second-order valence-electron chi connectivity index (χ2n) is 4.58. The summed E-state index contributed by atoms with van der Waals surface area (Å²) in [6, 6.07) is -0.569. The van der Waals surface area contributed by atoms with Crippen LogP contribution in [0.4, 0.5) is 0 Å². The van der Waals surface area contributed by atoms with Gasteiger partial charge in [-0.2, -0.15) is 0 Å². The smallest absolute Gasteiger partial charge is 0.305 e. The third-order valence-corrected chi connectivity index (χ3v) is 3.13. The Kier molecular flexibility index (Phi) is 3.34. The Morgan fingerprint density at radius 1 is 1.67 bits per heavy atom. The van der Waals surface area contributed by atoms with Crippen molar-refractivity contribution in [1.82, 2.24) is 10.2 Å². The quantitative estimate of drug-likeness (QED) is 0.682. The maximum absolute atomic E-state index is 11.6. The molecule has 0 aliphatic carbocycles. The second-order valence-corrected chi connectivity index (χ2v) is 4.58. The predicted octanol–water partition coefficient (Wildman–Crippen LogP) is 0.0600. The first-order valence-electron chi connectivity index (χ1n) is 5.07. The summed E-state index contributed by atoms with van der Waals surface area (Å²) in [5.74, 6) is -1.13. The highest BCUT2D eigenvalue weighted by Crippen LogP contribution is 2.23. The van der Waals surface area contributed by atoms with E-state index in [9.17, 15) is 9.59 Å². The summed E-state index contributed by atoms with van der Waals surface area (Å²) in [5, 5.41) is 11.5. The van der Waals surface area contributed by atoms with E-state index < -0.39 is 12.0 Å². The van der Waals surface area contributed by atoms with Crippen LogP contribution in [0.3, 0.4) is 0 Å². The number of carbonyl (C=O) groups is 2. The van der Waals surface area contributed by atoms with Crippen LogP contribution < -0.4 is 5.32 Å². The minimum atomic E-state index is -0.945. The Hall–Kier alpha value is -1.10. The van der Waals surface area contributed by atoms with Gasteiger partial charge in [0.2, 0.25) is 5.91 Å². The van der Waals surface area contributed by atoms with E-state index in [0.717, 1.165) is 6.42 Å². The monoisotopic (exact) mass is 214 g/mol. The molecule has 1 saturated heterocycles. The van der Waals surface area contributed by atoms with Crippen molar-refractivity contribution < 1.29 is 14.7 Å². The Labute approximate surface area is 89.4 Å². The molecule has 5 heteroatoms. The van der Waals surface area contributed by atoms with Gasteiger partial charge in [-0.05, 0) is 27.3 Å². The van der Waals surface area contributed by atoms with Gasteiger partial charge in [0.1, 0.15) is 0 Å². The van der Waals surface area contributed by atoms with E-state index in [1.165, 1.54) is 0 Å². The molecule has 0 aromatic rings. The summed E-state index contributed by atoms with van der Waals surface area (Å²) in [5.41, 5.74) is -0.153. The number of aliphatic carboxylic acids is 1. The highest BCUT2D eigenvalue weighted by Gasteiger charge is 2.37. The van der Waals surface area contributed by atoms with Crippen molar-refractivity contribution in [1.29, 1.82) is 0 Å². The number of nitrogens with zero attached hydrogens (tertiary/aromatic N) is 1. The number of hydrogen-bond donors (Lipinski definition) is 2. The first-order valence-corrected chi connectivity index (χ1v) is 5.07. The van der Waals surface area contributed by atoms with Crippen LogP contribution in [-0.4, -0.2) is 47.1 Å². The maximum Gasteiger partial charge on any atom is 0.305 e. The number of nitrogens with one attached hydrogen (secondary N) is 1. The number of carbonyl (C=O) groups excluding carboxylic acids is 1. The van der Waals surface area contributed by atoms with Crippen LogP contribution in [0.5, 0.6) is 0 Å². The minimum Gasteiger partial charge on any atom is -0.481 e. The molecule has 0 radical (unpaired) electrons. The first kappa shape index (κ1) is 12.0. The Bertz CT molecular complexity index is 276. The number of hydrogen-bond acceptors (Lipinski definition) is 3. The van der Waals surface area contributed by atoms with E-state index in [-0.39, 0.29) is 17.9 Å². The van der Waals surface area contributed by atoms with Crippen molar-refractivity contribution in [2.75, 3.05) is 13.6 Å². The summed E-state index contributed by atoms with van der Waals surface area (Å²) in [4.78, 5) is 24.2. The number of carboxylic acid groups (broad SMARTS) is 1. The zero-order valence-corrected chi connectivity index (χ0v) is 9.41. The van der Waals surface area contributed by atoms with Crippen LogP contribution in [0.2, 0.25) is 0 Å². The molecule has 1 fully saturated rings. The van der Waals surface area contributed by atoms with Gasteiger partial charge in [-0.25, -0.2) is 0 Å². The van der Waals surface area contributed by atoms with E-state index >= 15 is 0 Å². The van der Waals surface area contributed by atoms with Crippen molar-refractivity contribution in [3.63, 3.8) is 0 Å². The predicted molar refractivity (Wildman–Crippen MR) is 55.5 cm³/mol. The van der Waals surface area contributed by atoms with Gasteiger partial charge in [0, 0.05) is 12.1 Å². The number of amides is 1. The van der Waals surface area contributed by atoms with E-state index in [0.29, 0.717) is 6.54 Å². The molecule has 0 saturated carbocycles. The molecule has 2 N–H and O–H groups in total. The van der Waals surface area contributed by atoms with Crippen molar-refractivity contribution in [2.24, 2.45) is 0 Å². The van der Waals surface area contributed by atoms with Crippen LogP contribution in [-0.2, 0) is 9.59 Å². The Morgan fingerprint density at radius 3 is 2.80 bits per heavy atom. The number of rotatable bonds is 2. The van der Waals surface area contributed by atoms with E-state index in [1.807, 2.05) is 18.7 Å². The fourth-order valence-corrected chi connectivity index (χ4v) is 1.78. The van der Waals surface area contributed by atoms with Crippen molar-refractivity contribution in [3.05, 3.63) is 0 Å².